The Labute approximate surface area is 114 Å². The standard InChI is InChI=1S/C14H12FN3O2/c15-13-6-10(2-1-5-19)3-4-12(13)14(20)16-7-11-8-17-18-9-11/h3-4,6,8-9,19H,5,7H2,(H,16,20)(H,17,18). The average Bonchev–Trinajstić information content (AvgIpc) is 2.96. The summed E-state index contributed by atoms with van der Waals surface area (Å²) in [6.07, 6.45) is 3.22. The summed E-state index contributed by atoms with van der Waals surface area (Å²) in [6, 6.07) is 4.05. The number of amides is 1. The van der Waals surface area contributed by atoms with E-state index in [0.29, 0.717) is 5.56 Å². The van der Waals surface area contributed by atoms with Gasteiger partial charge in [-0.3, -0.25) is 9.89 Å². The van der Waals surface area contributed by atoms with Crippen molar-refractivity contribution in [2.45, 2.75) is 6.54 Å². The summed E-state index contributed by atoms with van der Waals surface area (Å²) in [5.41, 5.74) is 1.15. The second-order valence-corrected chi connectivity index (χ2v) is 3.94. The van der Waals surface area contributed by atoms with Crippen LogP contribution in [0.2, 0.25) is 0 Å². The molecule has 6 heteroatoms. The molecule has 0 spiro atoms. The molecule has 20 heavy (non-hydrogen) atoms. The topological polar surface area (TPSA) is 78.0 Å². The fourth-order valence-electron chi connectivity index (χ4n) is 1.57. The molecule has 0 aliphatic carbocycles. The largest absolute Gasteiger partial charge is 0.384 e. The molecular formula is C14H12FN3O2. The molecule has 0 saturated heterocycles. The van der Waals surface area contributed by atoms with E-state index < -0.39 is 11.7 Å². The minimum Gasteiger partial charge on any atom is -0.384 e. The second kappa shape index (κ2) is 6.50. The molecule has 2 aromatic rings. The van der Waals surface area contributed by atoms with E-state index in [1.165, 1.54) is 12.1 Å². The van der Waals surface area contributed by atoms with Crippen LogP contribution in [0.1, 0.15) is 21.5 Å². The normalized spacial score (nSPS) is 9.70. The summed E-state index contributed by atoms with van der Waals surface area (Å²) >= 11 is 0. The van der Waals surface area contributed by atoms with Crippen LogP contribution in [0.4, 0.5) is 4.39 Å². The highest BCUT2D eigenvalue weighted by molar-refractivity contribution is 5.94. The Kier molecular flexibility index (Phi) is 4.47. The molecule has 2 rings (SSSR count). The highest BCUT2D eigenvalue weighted by atomic mass is 19.1. The van der Waals surface area contributed by atoms with Crippen LogP contribution in [0, 0.1) is 17.7 Å². The first-order valence-corrected chi connectivity index (χ1v) is 5.86. The van der Waals surface area contributed by atoms with Crippen LogP contribution in [0.5, 0.6) is 0 Å². The van der Waals surface area contributed by atoms with Gasteiger partial charge in [-0.05, 0) is 18.2 Å². The zero-order valence-electron chi connectivity index (χ0n) is 10.5. The monoisotopic (exact) mass is 273 g/mol. The molecule has 0 bridgehead atoms. The van der Waals surface area contributed by atoms with Crippen molar-refractivity contribution >= 4 is 5.91 Å². The predicted molar refractivity (Wildman–Crippen MR) is 70.1 cm³/mol. The molecule has 0 aliphatic heterocycles. The summed E-state index contributed by atoms with van der Waals surface area (Å²) in [5, 5.41) is 17.5. The van der Waals surface area contributed by atoms with Crippen molar-refractivity contribution in [3.05, 3.63) is 53.1 Å². The predicted octanol–water partition coefficient (Wildman–Crippen LogP) is 0.823. The van der Waals surface area contributed by atoms with Crippen molar-refractivity contribution in [1.29, 1.82) is 0 Å². The molecule has 0 unspecified atom stereocenters. The smallest absolute Gasteiger partial charge is 0.254 e. The van der Waals surface area contributed by atoms with Crippen molar-refractivity contribution in [3.8, 4) is 11.8 Å². The van der Waals surface area contributed by atoms with E-state index in [1.807, 2.05) is 0 Å². The number of nitrogens with one attached hydrogen (secondary N) is 2. The molecule has 0 atom stereocenters. The Balaban J connectivity index is 2.06. The van der Waals surface area contributed by atoms with Gasteiger partial charge in [0.2, 0.25) is 0 Å². The molecule has 3 N–H and O–H groups in total. The van der Waals surface area contributed by atoms with E-state index in [1.54, 1.807) is 12.4 Å². The molecule has 1 amide bonds. The Morgan fingerprint density at radius 1 is 1.50 bits per heavy atom. The van der Waals surface area contributed by atoms with Crippen molar-refractivity contribution in [2.75, 3.05) is 6.61 Å². The first-order chi connectivity index (χ1) is 9.70. The number of aromatic amines is 1. The van der Waals surface area contributed by atoms with E-state index in [-0.39, 0.29) is 18.7 Å². The molecule has 1 heterocycles. The zero-order chi connectivity index (χ0) is 14.4. The highest BCUT2D eigenvalue weighted by Gasteiger charge is 2.11. The number of carbonyl (C=O) groups is 1. The van der Waals surface area contributed by atoms with Crippen molar-refractivity contribution in [2.24, 2.45) is 0 Å². The molecule has 0 aliphatic rings. The lowest BCUT2D eigenvalue weighted by molar-refractivity contribution is 0.0947. The molecule has 5 nitrogen and oxygen atoms in total. The number of aliphatic hydroxyl groups excluding tert-OH is 1. The summed E-state index contributed by atoms with van der Waals surface area (Å²) in [4.78, 5) is 11.8. The number of nitrogens with zero attached hydrogens (tertiary/aromatic N) is 1. The summed E-state index contributed by atoms with van der Waals surface area (Å²) < 4.78 is 13.8. The van der Waals surface area contributed by atoms with E-state index in [0.717, 1.165) is 11.6 Å². The Hall–Kier alpha value is -2.65. The average molecular weight is 273 g/mol. The molecule has 0 saturated carbocycles. The number of carbonyl (C=O) groups excluding carboxylic acids is 1. The number of H-pyrrole nitrogens is 1. The number of hydrogen-bond acceptors (Lipinski definition) is 3. The van der Waals surface area contributed by atoms with E-state index in [2.05, 4.69) is 27.4 Å². The zero-order valence-corrected chi connectivity index (χ0v) is 10.5. The lowest BCUT2D eigenvalue weighted by atomic mass is 10.1. The minimum atomic E-state index is -0.653. The maximum Gasteiger partial charge on any atom is 0.254 e. The van der Waals surface area contributed by atoms with Crippen molar-refractivity contribution in [3.63, 3.8) is 0 Å². The summed E-state index contributed by atoms with van der Waals surface area (Å²) in [5.74, 6) is 3.82. The third-order valence-electron chi connectivity index (χ3n) is 2.53. The molecule has 0 radical (unpaired) electrons. The minimum absolute atomic E-state index is 0.0527. The Bertz CT molecular complexity index is 657. The molecule has 1 aromatic carbocycles. The number of halogens is 1. The van der Waals surface area contributed by atoms with E-state index in [4.69, 9.17) is 5.11 Å². The summed E-state index contributed by atoms with van der Waals surface area (Å²) in [7, 11) is 0. The van der Waals surface area contributed by atoms with Crippen LogP contribution in [0.3, 0.4) is 0 Å². The Morgan fingerprint density at radius 2 is 2.35 bits per heavy atom. The third-order valence-corrected chi connectivity index (χ3v) is 2.53. The summed E-state index contributed by atoms with van der Waals surface area (Å²) in [6.45, 7) is -0.0323. The van der Waals surface area contributed by atoms with Crippen LogP contribution < -0.4 is 5.32 Å². The van der Waals surface area contributed by atoms with Crippen LogP contribution in [-0.2, 0) is 6.54 Å². The van der Waals surface area contributed by atoms with Gasteiger partial charge in [0, 0.05) is 23.9 Å². The number of hydrogen-bond donors (Lipinski definition) is 3. The van der Waals surface area contributed by atoms with Crippen LogP contribution in [-0.4, -0.2) is 27.8 Å². The van der Waals surface area contributed by atoms with Gasteiger partial charge in [-0.2, -0.15) is 5.10 Å². The number of rotatable bonds is 3. The third kappa shape index (κ3) is 3.43. The van der Waals surface area contributed by atoms with Gasteiger partial charge in [0.15, 0.2) is 0 Å². The van der Waals surface area contributed by atoms with Gasteiger partial charge >= 0.3 is 0 Å². The fraction of sp³-hybridized carbons (Fsp3) is 0.143. The van der Waals surface area contributed by atoms with Crippen LogP contribution in [0.15, 0.2) is 30.6 Å². The van der Waals surface area contributed by atoms with Crippen molar-refractivity contribution in [1.82, 2.24) is 15.5 Å². The number of aliphatic hydroxyl groups is 1. The van der Waals surface area contributed by atoms with Gasteiger partial charge in [0.1, 0.15) is 12.4 Å². The van der Waals surface area contributed by atoms with Gasteiger partial charge in [0.05, 0.1) is 11.8 Å². The quantitative estimate of drug-likeness (QED) is 0.725. The lowest BCUT2D eigenvalue weighted by Gasteiger charge is -2.05. The van der Waals surface area contributed by atoms with Crippen LogP contribution in [0.25, 0.3) is 0 Å². The maximum absolute atomic E-state index is 13.8. The molecule has 102 valence electrons. The van der Waals surface area contributed by atoms with Gasteiger partial charge in [-0.1, -0.05) is 11.8 Å². The Morgan fingerprint density at radius 3 is 3.00 bits per heavy atom. The first-order valence-electron chi connectivity index (χ1n) is 5.86. The van der Waals surface area contributed by atoms with Gasteiger partial charge in [-0.15, -0.1) is 0 Å². The first kappa shape index (κ1) is 13.8. The molecule has 0 fully saturated rings. The highest BCUT2D eigenvalue weighted by Crippen LogP contribution is 2.10. The molecular weight excluding hydrogens is 261 g/mol. The van der Waals surface area contributed by atoms with E-state index >= 15 is 0 Å². The van der Waals surface area contributed by atoms with Gasteiger partial charge in [0.25, 0.3) is 5.91 Å². The number of aromatic nitrogens is 2. The van der Waals surface area contributed by atoms with Gasteiger partial charge in [-0.25, -0.2) is 4.39 Å². The van der Waals surface area contributed by atoms with E-state index in [9.17, 15) is 9.18 Å². The second-order valence-electron chi connectivity index (χ2n) is 3.94. The van der Waals surface area contributed by atoms with Gasteiger partial charge < -0.3 is 10.4 Å². The van der Waals surface area contributed by atoms with Crippen molar-refractivity contribution < 1.29 is 14.3 Å². The molecule has 1 aromatic heterocycles. The van der Waals surface area contributed by atoms with Crippen LogP contribution >= 0.6 is 0 Å². The maximum atomic E-state index is 13.8. The fourth-order valence-corrected chi connectivity index (χ4v) is 1.57. The lowest BCUT2D eigenvalue weighted by Crippen LogP contribution is -2.23. The SMILES string of the molecule is O=C(NCc1cn[nH]c1)c1ccc(C#CCO)cc1F. The number of benzene rings is 1.